The molecule has 0 saturated carbocycles. The highest BCUT2D eigenvalue weighted by atomic mass is 32.2. The van der Waals surface area contributed by atoms with Crippen molar-refractivity contribution in [2.45, 2.75) is 16.8 Å². The molecule has 1 atom stereocenters. The van der Waals surface area contributed by atoms with Crippen LogP contribution in [0.1, 0.15) is 6.42 Å². The SMILES string of the molecule is Cn1ccnc1SC1CCOC1. The topological polar surface area (TPSA) is 27.1 Å². The van der Waals surface area contributed by atoms with Crippen LogP contribution in [0.3, 0.4) is 0 Å². The van der Waals surface area contributed by atoms with Gasteiger partial charge in [-0.25, -0.2) is 4.98 Å². The number of aromatic nitrogens is 2. The first-order chi connectivity index (χ1) is 5.86. The quantitative estimate of drug-likeness (QED) is 0.693. The molecule has 1 fully saturated rings. The van der Waals surface area contributed by atoms with Crippen LogP contribution in [0.15, 0.2) is 17.6 Å². The fourth-order valence-electron chi connectivity index (χ4n) is 1.22. The number of rotatable bonds is 2. The lowest BCUT2D eigenvalue weighted by atomic mass is 10.4. The molecule has 0 aliphatic carbocycles. The zero-order valence-electron chi connectivity index (χ0n) is 7.06. The number of hydrogen-bond acceptors (Lipinski definition) is 3. The molecule has 0 N–H and O–H groups in total. The van der Waals surface area contributed by atoms with E-state index in [4.69, 9.17) is 4.74 Å². The van der Waals surface area contributed by atoms with E-state index in [1.54, 1.807) is 0 Å². The Bertz CT molecular complexity index is 255. The van der Waals surface area contributed by atoms with Gasteiger partial charge in [0.25, 0.3) is 0 Å². The van der Waals surface area contributed by atoms with E-state index in [2.05, 4.69) is 4.98 Å². The largest absolute Gasteiger partial charge is 0.380 e. The molecule has 4 heteroatoms. The molecule has 1 aromatic rings. The molecule has 1 saturated heterocycles. The predicted octanol–water partition coefficient (Wildman–Crippen LogP) is 1.30. The van der Waals surface area contributed by atoms with Crippen molar-refractivity contribution in [2.24, 2.45) is 7.05 Å². The fourth-order valence-corrected chi connectivity index (χ4v) is 2.25. The maximum Gasteiger partial charge on any atom is 0.168 e. The minimum atomic E-state index is 0.603. The Morgan fingerprint density at radius 2 is 2.67 bits per heavy atom. The van der Waals surface area contributed by atoms with Gasteiger partial charge in [-0.05, 0) is 6.42 Å². The van der Waals surface area contributed by atoms with Gasteiger partial charge >= 0.3 is 0 Å². The van der Waals surface area contributed by atoms with Crippen LogP contribution < -0.4 is 0 Å². The van der Waals surface area contributed by atoms with Crippen molar-refractivity contribution < 1.29 is 4.74 Å². The average Bonchev–Trinajstić information content (AvgIpc) is 2.65. The monoisotopic (exact) mass is 184 g/mol. The molecule has 1 aliphatic rings. The summed E-state index contributed by atoms with van der Waals surface area (Å²) in [4.78, 5) is 4.25. The first-order valence-corrected chi connectivity index (χ1v) is 4.96. The second kappa shape index (κ2) is 3.49. The van der Waals surface area contributed by atoms with Gasteiger partial charge in [0.05, 0.1) is 6.61 Å². The Hall–Kier alpha value is -0.480. The molecule has 0 bridgehead atoms. The Labute approximate surface area is 76.1 Å². The first-order valence-electron chi connectivity index (χ1n) is 4.08. The number of nitrogens with zero attached hydrogens (tertiary/aromatic N) is 2. The molecular weight excluding hydrogens is 172 g/mol. The van der Waals surface area contributed by atoms with Crippen molar-refractivity contribution in [2.75, 3.05) is 13.2 Å². The highest BCUT2D eigenvalue weighted by Gasteiger charge is 2.18. The van der Waals surface area contributed by atoms with Gasteiger partial charge in [-0.2, -0.15) is 0 Å². The number of hydrogen-bond donors (Lipinski definition) is 0. The zero-order chi connectivity index (χ0) is 8.39. The lowest BCUT2D eigenvalue weighted by Gasteiger charge is -2.05. The lowest BCUT2D eigenvalue weighted by Crippen LogP contribution is -2.02. The van der Waals surface area contributed by atoms with Crippen molar-refractivity contribution in [1.29, 1.82) is 0 Å². The molecule has 66 valence electrons. The summed E-state index contributed by atoms with van der Waals surface area (Å²) in [6.45, 7) is 1.78. The van der Waals surface area contributed by atoms with Gasteiger partial charge in [0.2, 0.25) is 0 Å². The summed E-state index contributed by atoms with van der Waals surface area (Å²) in [5, 5.41) is 1.69. The first kappa shape index (κ1) is 8.13. The van der Waals surface area contributed by atoms with E-state index in [-0.39, 0.29) is 0 Å². The summed E-state index contributed by atoms with van der Waals surface area (Å²) >= 11 is 1.81. The van der Waals surface area contributed by atoms with Gasteiger partial charge in [-0.1, -0.05) is 11.8 Å². The van der Waals surface area contributed by atoms with E-state index in [0.29, 0.717) is 5.25 Å². The van der Waals surface area contributed by atoms with Crippen molar-refractivity contribution in [3.05, 3.63) is 12.4 Å². The second-order valence-corrected chi connectivity index (χ2v) is 4.19. The van der Waals surface area contributed by atoms with Gasteiger partial charge in [-0.3, -0.25) is 0 Å². The molecule has 3 nitrogen and oxygen atoms in total. The van der Waals surface area contributed by atoms with Crippen LogP contribution in [0.5, 0.6) is 0 Å². The van der Waals surface area contributed by atoms with Crippen molar-refractivity contribution in [1.82, 2.24) is 9.55 Å². The van der Waals surface area contributed by atoms with Gasteiger partial charge in [0, 0.05) is 31.3 Å². The molecular formula is C8H12N2OS. The number of imidazole rings is 1. The molecule has 0 spiro atoms. The third-order valence-electron chi connectivity index (χ3n) is 1.94. The van der Waals surface area contributed by atoms with E-state index in [0.717, 1.165) is 24.8 Å². The molecule has 0 amide bonds. The molecule has 1 aromatic heterocycles. The molecule has 1 unspecified atom stereocenters. The average molecular weight is 184 g/mol. The normalized spacial score (nSPS) is 23.2. The lowest BCUT2D eigenvalue weighted by molar-refractivity contribution is 0.199. The highest BCUT2D eigenvalue weighted by molar-refractivity contribution is 7.99. The molecule has 0 aromatic carbocycles. The van der Waals surface area contributed by atoms with Crippen LogP contribution in [0.25, 0.3) is 0 Å². The van der Waals surface area contributed by atoms with Gasteiger partial charge in [-0.15, -0.1) is 0 Å². The third-order valence-corrected chi connectivity index (χ3v) is 3.25. The van der Waals surface area contributed by atoms with E-state index >= 15 is 0 Å². The molecule has 0 radical (unpaired) electrons. The molecule has 2 rings (SSSR count). The van der Waals surface area contributed by atoms with E-state index in [1.165, 1.54) is 0 Å². The smallest absolute Gasteiger partial charge is 0.168 e. The maximum atomic E-state index is 5.29. The van der Waals surface area contributed by atoms with E-state index in [9.17, 15) is 0 Å². The van der Waals surface area contributed by atoms with E-state index < -0.39 is 0 Å². The predicted molar refractivity (Wildman–Crippen MR) is 48.3 cm³/mol. The highest BCUT2D eigenvalue weighted by Crippen LogP contribution is 2.26. The summed E-state index contributed by atoms with van der Waals surface area (Å²) in [6.07, 6.45) is 4.95. The Balaban J connectivity index is 1.98. The van der Waals surface area contributed by atoms with Crippen LogP contribution >= 0.6 is 11.8 Å². The minimum absolute atomic E-state index is 0.603. The Morgan fingerprint density at radius 3 is 3.25 bits per heavy atom. The van der Waals surface area contributed by atoms with Crippen LogP contribution in [0, 0.1) is 0 Å². The third kappa shape index (κ3) is 1.64. The van der Waals surface area contributed by atoms with Crippen LogP contribution in [0.2, 0.25) is 0 Å². The van der Waals surface area contributed by atoms with Crippen LogP contribution in [-0.2, 0) is 11.8 Å². The van der Waals surface area contributed by atoms with Crippen LogP contribution in [-0.4, -0.2) is 28.0 Å². The summed E-state index contributed by atoms with van der Waals surface area (Å²) in [5.74, 6) is 0. The summed E-state index contributed by atoms with van der Waals surface area (Å²) in [5.41, 5.74) is 0. The summed E-state index contributed by atoms with van der Waals surface area (Å²) < 4.78 is 7.33. The van der Waals surface area contributed by atoms with E-state index in [1.807, 2.05) is 35.8 Å². The van der Waals surface area contributed by atoms with Crippen LogP contribution in [0.4, 0.5) is 0 Å². The summed E-state index contributed by atoms with van der Waals surface area (Å²) in [7, 11) is 2.02. The molecule has 12 heavy (non-hydrogen) atoms. The summed E-state index contributed by atoms with van der Waals surface area (Å²) in [6, 6.07) is 0. The molecule has 1 aliphatic heterocycles. The number of ether oxygens (including phenoxy) is 1. The number of thioether (sulfide) groups is 1. The minimum Gasteiger partial charge on any atom is -0.380 e. The number of aryl methyl sites for hydroxylation is 1. The molecule has 2 heterocycles. The van der Waals surface area contributed by atoms with Crippen molar-refractivity contribution in [3.8, 4) is 0 Å². The van der Waals surface area contributed by atoms with Crippen molar-refractivity contribution >= 4 is 11.8 Å². The maximum absolute atomic E-state index is 5.29. The van der Waals surface area contributed by atoms with Gasteiger partial charge in [0.15, 0.2) is 5.16 Å². The van der Waals surface area contributed by atoms with Crippen molar-refractivity contribution in [3.63, 3.8) is 0 Å². The zero-order valence-corrected chi connectivity index (χ0v) is 7.88. The van der Waals surface area contributed by atoms with Gasteiger partial charge in [0.1, 0.15) is 0 Å². The fraction of sp³-hybridized carbons (Fsp3) is 0.625. The Kier molecular flexibility index (Phi) is 2.37. The second-order valence-electron chi connectivity index (χ2n) is 2.92. The van der Waals surface area contributed by atoms with Gasteiger partial charge < -0.3 is 9.30 Å². The Morgan fingerprint density at radius 1 is 1.75 bits per heavy atom. The standard InChI is InChI=1S/C8H12N2OS/c1-10-4-3-9-8(10)12-7-2-5-11-6-7/h3-4,7H,2,5-6H2,1H3.